The third kappa shape index (κ3) is 3.61. The van der Waals surface area contributed by atoms with Crippen LogP contribution < -0.4 is 19.9 Å². The largest absolute Gasteiger partial charge is 0.496 e. The van der Waals surface area contributed by atoms with Gasteiger partial charge in [0.05, 0.1) is 20.8 Å². The molecule has 2 N–H and O–H groups in total. The lowest BCUT2D eigenvalue weighted by atomic mass is 9.95. The number of aromatic nitrogens is 3. The van der Waals surface area contributed by atoms with E-state index in [1.165, 1.54) is 6.07 Å². The van der Waals surface area contributed by atoms with Gasteiger partial charge in [0.1, 0.15) is 29.2 Å². The molecule has 0 fully saturated rings. The van der Waals surface area contributed by atoms with Crippen molar-refractivity contribution in [1.82, 2.24) is 15.0 Å². The number of β-amino-alcohol motifs (C(OH)–C–C–N with tert-alkyl or cyclic N) is 1. The Morgan fingerprint density at radius 2 is 1.97 bits per heavy atom. The third-order valence-corrected chi connectivity index (χ3v) is 5.29. The number of aliphatic hydroxyl groups excluding tert-OH is 1. The first kappa shape index (κ1) is 19.9. The summed E-state index contributed by atoms with van der Waals surface area (Å²) in [7, 11) is 3.20. The van der Waals surface area contributed by atoms with Crippen LogP contribution in [-0.2, 0) is 13.0 Å². The molecule has 4 rings (SSSR count). The van der Waals surface area contributed by atoms with Crippen LogP contribution >= 0.6 is 0 Å². The number of rotatable bonds is 5. The predicted octanol–water partition coefficient (Wildman–Crippen LogP) is 2.47. The van der Waals surface area contributed by atoms with E-state index in [-0.39, 0.29) is 5.56 Å². The Morgan fingerprint density at radius 1 is 1.20 bits per heavy atom. The molecule has 1 atom stereocenters. The van der Waals surface area contributed by atoms with E-state index in [4.69, 9.17) is 9.47 Å². The Bertz CT molecular complexity index is 1110. The second-order valence-corrected chi connectivity index (χ2v) is 7.10. The summed E-state index contributed by atoms with van der Waals surface area (Å²) in [4.78, 5) is 25.6. The van der Waals surface area contributed by atoms with Crippen LogP contribution in [0.5, 0.6) is 11.5 Å². The van der Waals surface area contributed by atoms with Crippen LogP contribution in [0.4, 0.5) is 5.82 Å². The third-order valence-electron chi connectivity index (χ3n) is 5.29. The second kappa shape index (κ2) is 8.16. The quantitative estimate of drug-likeness (QED) is 0.669. The lowest BCUT2D eigenvalue weighted by Gasteiger charge is -2.34. The molecular weight excluding hydrogens is 384 g/mol. The number of aryl methyl sites for hydroxylation is 1. The molecule has 2 aromatic heterocycles. The van der Waals surface area contributed by atoms with Crippen LogP contribution in [-0.4, -0.2) is 40.8 Å². The van der Waals surface area contributed by atoms with Crippen molar-refractivity contribution < 1.29 is 14.6 Å². The minimum Gasteiger partial charge on any atom is -0.496 e. The van der Waals surface area contributed by atoms with Gasteiger partial charge in [-0.15, -0.1) is 0 Å². The van der Waals surface area contributed by atoms with Crippen LogP contribution in [0.2, 0.25) is 0 Å². The first-order valence-electron chi connectivity index (χ1n) is 9.77. The molecule has 1 aliphatic heterocycles. The summed E-state index contributed by atoms with van der Waals surface area (Å²) in [6, 6.07) is 8.87. The zero-order chi connectivity index (χ0) is 21.3. The number of nitrogens with zero attached hydrogens (tertiary/aromatic N) is 3. The molecule has 0 bridgehead atoms. The first-order valence-corrected chi connectivity index (χ1v) is 9.77. The highest BCUT2D eigenvalue weighted by Gasteiger charge is 2.30. The lowest BCUT2D eigenvalue weighted by molar-refractivity contribution is 0.169. The summed E-state index contributed by atoms with van der Waals surface area (Å²) in [5.74, 6) is 2.55. The molecule has 0 spiro atoms. The maximum atomic E-state index is 11.8. The summed E-state index contributed by atoms with van der Waals surface area (Å²) < 4.78 is 10.9. The van der Waals surface area contributed by atoms with Gasteiger partial charge in [-0.25, -0.2) is 9.97 Å². The Labute approximate surface area is 174 Å². The van der Waals surface area contributed by atoms with Crippen molar-refractivity contribution in [2.75, 3.05) is 25.7 Å². The predicted molar refractivity (Wildman–Crippen MR) is 113 cm³/mol. The standard InChI is InChI=1S/C22H24N4O4/c1-4-14-9-20(28)25-22(24-14)13-5-8-19(23-10-13)26-11-15-17(29-2)6-7-18(30-3)21(15)16(27)12-26/h5-10,16,27H,4,11-12H2,1-3H3,(H,24,25,28)/t16-/m0/s1. The number of hydrogen-bond acceptors (Lipinski definition) is 7. The van der Waals surface area contributed by atoms with E-state index in [2.05, 4.69) is 15.0 Å². The Kier molecular flexibility index (Phi) is 5.41. The average molecular weight is 408 g/mol. The minimum absolute atomic E-state index is 0.183. The molecule has 0 aliphatic carbocycles. The van der Waals surface area contributed by atoms with Gasteiger partial charge >= 0.3 is 0 Å². The van der Waals surface area contributed by atoms with Crippen molar-refractivity contribution >= 4 is 5.82 Å². The number of methoxy groups -OCH3 is 2. The Balaban J connectivity index is 1.65. The molecule has 8 nitrogen and oxygen atoms in total. The fourth-order valence-corrected chi connectivity index (χ4v) is 3.79. The normalized spacial score (nSPS) is 15.6. The number of hydrogen-bond donors (Lipinski definition) is 2. The summed E-state index contributed by atoms with van der Waals surface area (Å²) in [5.41, 5.74) is 2.90. The van der Waals surface area contributed by atoms with Gasteiger partial charge in [-0.1, -0.05) is 6.92 Å². The van der Waals surface area contributed by atoms with E-state index in [9.17, 15) is 9.90 Å². The summed E-state index contributed by atoms with van der Waals surface area (Å²) in [5, 5.41) is 10.8. The molecule has 156 valence electrons. The van der Waals surface area contributed by atoms with E-state index >= 15 is 0 Å². The molecule has 30 heavy (non-hydrogen) atoms. The second-order valence-electron chi connectivity index (χ2n) is 7.10. The zero-order valence-electron chi connectivity index (χ0n) is 17.2. The van der Waals surface area contributed by atoms with Gasteiger partial charge in [-0.05, 0) is 30.7 Å². The lowest BCUT2D eigenvalue weighted by Crippen LogP contribution is -2.34. The molecule has 0 saturated heterocycles. The summed E-state index contributed by atoms with van der Waals surface area (Å²) >= 11 is 0. The van der Waals surface area contributed by atoms with Crippen LogP contribution in [0.3, 0.4) is 0 Å². The topological polar surface area (TPSA) is 101 Å². The zero-order valence-corrected chi connectivity index (χ0v) is 17.2. The molecule has 0 radical (unpaired) electrons. The van der Waals surface area contributed by atoms with Crippen LogP contribution in [0.15, 0.2) is 41.3 Å². The van der Waals surface area contributed by atoms with E-state index in [1.807, 2.05) is 36.1 Å². The number of aromatic amines is 1. The van der Waals surface area contributed by atoms with Crippen molar-refractivity contribution in [2.24, 2.45) is 0 Å². The number of nitrogens with one attached hydrogen (secondary N) is 1. The number of aliphatic hydroxyl groups is 1. The number of fused-ring (bicyclic) bond motifs is 1. The summed E-state index contributed by atoms with van der Waals surface area (Å²) in [6.45, 7) is 2.86. The Hall–Kier alpha value is -3.39. The smallest absolute Gasteiger partial charge is 0.251 e. The number of ether oxygens (including phenoxy) is 2. The van der Waals surface area contributed by atoms with Crippen LogP contribution in [0.1, 0.15) is 29.8 Å². The van der Waals surface area contributed by atoms with Gasteiger partial charge in [0.15, 0.2) is 0 Å². The number of anilines is 1. The monoisotopic (exact) mass is 408 g/mol. The first-order chi connectivity index (χ1) is 14.5. The molecule has 3 aromatic rings. The maximum Gasteiger partial charge on any atom is 0.251 e. The average Bonchev–Trinajstić information content (AvgIpc) is 2.77. The molecule has 0 saturated carbocycles. The maximum absolute atomic E-state index is 11.8. The highest BCUT2D eigenvalue weighted by atomic mass is 16.5. The highest BCUT2D eigenvalue weighted by molar-refractivity contribution is 5.59. The van der Waals surface area contributed by atoms with Gasteiger partial charge in [0, 0.05) is 41.2 Å². The van der Waals surface area contributed by atoms with Gasteiger partial charge < -0.3 is 24.5 Å². The van der Waals surface area contributed by atoms with Crippen molar-refractivity contribution in [1.29, 1.82) is 0 Å². The number of pyridine rings is 1. The SMILES string of the molecule is CCc1cc(=O)[nH]c(-c2ccc(N3Cc4c(OC)ccc(OC)c4[C@@H](O)C3)nc2)n1. The molecular formula is C22H24N4O4. The van der Waals surface area contributed by atoms with E-state index in [0.29, 0.717) is 42.7 Å². The van der Waals surface area contributed by atoms with Gasteiger partial charge in [-0.2, -0.15) is 0 Å². The van der Waals surface area contributed by atoms with E-state index in [0.717, 1.165) is 22.4 Å². The van der Waals surface area contributed by atoms with E-state index in [1.54, 1.807) is 20.4 Å². The molecule has 3 heterocycles. The number of benzene rings is 1. The molecule has 1 aliphatic rings. The minimum atomic E-state index is -0.737. The van der Waals surface area contributed by atoms with Gasteiger partial charge in [0.25, 0.3) is 5.56 Å². The fourth-order valence-electron chi connectivity index (χ4n) is 3.79. The Morgan fingerprint density at radius 3 is 2.63 bits per heavy atom. The van der Waals surface area contributed by atoms with Crippen molar-refractivity contribution in [3.8, 4) is 22.9 Å². The van der Waals surface area contributed by atoms with Crippen LogP contribution in [0, 0.1) is 0 Å². The van der Waals surface area contributed by atoms with Crippen molar-refractivity contribution in [2.45, 2.75) is 26.0 Å². The molecule has 0 unspecified atom stereocenters. The molecule has 8 heteroatoms. The van der Waals surface area contributed by atoms with E-state index < -0.39 is 6.10 Å². The van der Waals surface area contributed by atoms with Crippen molar-refractivity contribution in [3.63, 3.8) is 0 Å². The molecule has 0 amide bonds. The van der Waals surface area contributed by atoms with Gasteiger partial charge in [0.2, 0.25) is 0 Å². The number of H-pyrrole nitrogens is 1. The molecule has 1 aromatic carbocycles. The highest BCUT2D eigenvalue weighted by Crippen LogP contribution is 2.40. The summed E-state index contributed by atoms with van der Waals surface area (Å²) in [6.07, 6.45) is 1.62. The van der Waals surface area contributed by atoms with Crippen LogP contribution in [0.25, 0.3) is 11.4 Å². The van der Waals surface area contributed by atoms with Crippen molar-refractivity contribution in [3.05, 3.63) is 63.7 Å². The van der Waals surface area contributed by atoms with Gasteiger partial charge in [-0.3, -0.25) is 4.79 Å². The fraction of sp³-hybridized carbons (Fsp3) is 0.318.